The quantitative estimate of drug-likeness (QED) is 0.296. The Labute approximate surface area is 181 Å². The number of hydrogen-bond acceptors (Lipinski definition) is 3. The maximum Gasteiger partial charge on any atom is 0.184 e. The number of nitrogens with zero attached hydrogens (tertiary/aromatic N) is 2. The van der Waals surface area contributed by atoms with Gasteiger partial charge < -0.3 is 9.72 Å². The Bertz CT molecular complexity index is 1300. The first kappa shape index (κ1) is 20.9. The van der Waals surface area contributed by atoms with E-state index >= 15 is 0 Å². The van der Waals surface area contributed by atoms with Crippen LogP contribution in [0.2, 0.25) is 0 Å². The van der Waals surface area contributed by atoms with Crippen LogP contribution in [0.25, 0.3) is 21.9 Å². The molecule has 0 radical (unpaired) electrons. The average Bonchev–Trinajstić information content (AvgIpc) is 3.24. The third-order valence-electron chi connectivity index (χ3n) is 6.53. The van der Waals surface area contributed by atoms with Gasteiger partial charge in [-0.15, -0.1) is 0 Å². The van der Waals surface area contributed by atoms with Gasteiger partial charge in [-0.1, -0.05) is 0 Å². The van der Waals surface area contributed by atoms with Gasteiger partial charge in [-0.25, -0.2) is 22.5 Å². The lowest BCUT2D eigenvalue weighted by atomic mass is 9.76. The van der Waals surface area contributed by atoms with E-state index in [0.717, 1.165) is 42.1 Å². The molecule has 166 valence electrons. The molecule has 1 fully saturated rings. The summed E-state index contributed by atoms with van der Waals surface area (Å²) in [6, 6.07) is 7.06. The number of aromatic nitrogens is 3. The highest BCUT2D eigenvalue weighted by molar-refractivity contribution is 5.82. The van der Waals surface area contributed by atoms with Crippen molar-refractivity contribution in [2.24, 2.45) is 5.92 Å². The highest BCUT2D eigenvalue weighted by atomic mass is 19.2. The first-order valence-electron chi connectivity index (χ1n) is 10.6. The monoisotopic (exact) mass is 443 g/mol. The Morgan fingerprint density at radius 3 is 2.53 bits per heavy atom. The average molecular weight is 443 g/mol. The maximum absolute atomic E-state index is 14.1. The van der Waals surface area contributed by atoms with Gasteiger partial charge in [0, 0.05) is 24.8 Å². The van der Waals surface area contributed by atoms with Crippen LogP contribution in [0.5, 0.6) is 0 Å². The van der Waals surface area contributed by atoms with E-state index in [1.54, 1.807) is 12.3 Å². The molecular weight excluding hydrogens is 422 g/mol. The predicted molar refractivity (Wildman–Crippen MR) is 112 cm³/mol. The zero-order chi connectivity index (χ0) is 22.4. The molecule has 0 aliphatic heterocycles. The number of rotatable bonds is 4. The molecule has 1 aliphatic rings. The van der Waals surface area contributed by atoms with Crippen LogP contribution >= 0.6 is 0 Å². The summed E-state index contributed by atoms with van der Waals surface area (Å²) >= 11 is 0. The van der Waals surface area contributed by atoms with Gasteiger partial charge in [0.25, 0.3) is 0 Å². The van der Waals surface area contributed by atoms with Crippen LogP contribution in [0.1, 0.15) is 49.1 Å². The molecule has 0 amide bonds. The summed E-state index contributed by atoms with van der Waals surface area (Å²) in [6.07, 6.45) is 4.51. The lowest BCUT2D eigenvalue weighted by molar-refractivity contribution is 0.0274. The van der Waals surface area contributed by atoms with Crippen molar-refractivity contribution >= 4 is 21.9 Å². The summed E-state index contributed by atoms with van der Waals surface area (Å²) in [7, 11) is 1.52. The van der Waals surface area contributed by atoms with E-state index in [2.05, 4.69) is 15.0 Å². The lowest BCUT2D eigenvalue weighted by Crippen LogP contribution is -2.22. The van der Waals surface area contributed by atoms with Crippen molar-refractivity contribution < 1.29 is 22.3 Å². The molecule has 1 N–H and O–H groups in total. The minimum Gasteiger partial charge on any atom is -0.373 e. The fourth-order valence-electron chi connectivity index (χ4n) is 4.98. The molecule has 8 heteroatoms. The van der Waals surface area contributed by atoms with Gasteiger partial charge in [-0.05, 0) is 67.3 Å². The molecule has 0 saturated heterocycles. The topological polar surface area (TPSA) is 50.8 Å². The van der Waals surface area contributed by atoms with Gasteiger partial charge in [-0.2, -0.15) is 0 Å². The molecule has 5 rings (SSSR count). The maximum atomic E-state index is 14.1. The first-order valence-corrected chi connectivity index (χ1v) is 10.6. The Balaban J connectivity index is 1.39. The van der Waals surface area contributed by atoms with Gasteiger partial charge in [0.05, 0.1) is 5.52 Å². The number of pyridine rings is 1. The molecule has 4 nitrogen and oxygen atoms in total. The third kappa shape index (κ3) is 3.52. The normalized spacial score (nSPS) is 20.2. The van der Waals surface area contributed by atoms with E-state index in [4.69, 9.17) is 4.74 Å². The molecule has 2 aromatic carbocycles. The molecule has 1 aliphatic carbocycles. The molecular formula is C24H21F4N3O. The summed E-state index contributed by atoms with van der Waals surface area (Å²) < 4.78 is 61.2. The van der Waals surface area contributed by atoms with Crippen molar-refractivity contribution in [2.45, 2.75) is 37.7 Å². The number of methoxy groups -OCH3 is 1. The molecule has 4 aromatic rings. The molecule has 0 unspecified atom stereocenters. The van der Waals surface area contributed by atoms with E-state index in [1.165, 1.54) is 19.2 Å². The number of fused-ring (bicyclic) bond motifs is 2. The van der Waals surface area contributed by atoms with Gasteiger partial charge in [-0.3, -0.25) is 4.98 Å². The highest BCUT2D eigenvalue weighted by Gasteiger charge is 2.32. The van der Waals surface area contributed by atoms with Crippen molar-refractivity contribution in [3.8, 4) is 0 Å². The number of ether oxygens (including phenoxy) is 1. The largest absolute Gasteiger partial charge is 0.373 e. The van der Waals surface area contributed by atoms with Gasteiger partial charge in [0.15, 0.2) is 17.5 Å². The Hall–Kier alpha value is -3.00. The second-order valence-electron chi connectivity index (χ2n) is 8.33. The van der Waals surface area contributed by atoms with Crippen LogP contribution in [0.4, 0.5) is 17.6 Å². The van der Waals surface area contributed by atoms with E-state index in [-0.39, 0.29) is 34.5 Å². The first-order chi connectivity index (χ1) is 15.5. The summed E-state index contributed by atoms with van der Waals surface area (Å²) in [5.74, 6) is -3.03. The van der Waals surface area contributed by atoms with Crippen molar-refractivity contribution in [1.82, 2.24) is 15.0 Å². The molecule has 2 aromatic heterocycles. The van der Waals surface area contributed by atoms with E-state index in [0.29, 0.717) is 6.07 Å². The van der Waals surface area contributed by atoms with E-state index < -0.39 is 23.6 Å². The van der Waals surface area contributed by atoms with Gasteiger partial charge in [0.2, 0.25) is 0 Å². The molecule has 32 heavy (non-hydrogen) atoms. The van der Waals surface area contributed by atoms with Crippen molar-refractivity contribution in [2.75, 3.05) is 7.11 Å². The SMILES string of the molecule is CO[C@@H](c1nc2c(F)cc(F)c(F)c2[nH]1)C1CCC(c2ccnc3ccc(F)cc23)CC1. The van der Waals surface area contributed by atoms with E-state index in [9.17, 15) is 17.6 Å². The molecule has 1 saturated carbocycles. The van der Waals surface area contributed by atoms with Crippen LogP contribution in [0, 0.1) is 29.2 Å². The summed E-state index contributed by atoms with van der Waals surface area (Å²) in [6.45, 7) is 0. The number of H-pyrrole nitrogens is 1. The Morgan fingerprint density at radius 2 is 1.78 bits per heavy atom. The van der Waals surface area contributed by atoms with Crippen LogP contribution in [0.15, 0.2) is 36.5 Å². The third-order valence-corrected chi connectivity index (χ3v) is 6.53. The minimum atomic E-state index is -1.26. The number of hydrogen-bond donors (Lipinski definition) is 1. The zero-order valence-corrected chi connectivity index (χ0v) is 17.3. The second kappa shape index (κ2) is 8.16. The predicted octanol–water partition coefficient (Wildman–Crippen LogP) is 6.33. The van der Waals surface area contributed by atoms with Crippen LogP contribution in [0.3, 0.4) is 0 Å². The molecule has 2 heterocycles. The number of nitrogens with one attached hydrogen (secondary N) is 1. The van der Waals surface area contributed by atoms with E-state index in [1.807, 2.05) is 6.07 Å². The number of aromatic amines is 1. The molecule has 1 atom stereocenters. The molecule has 0 spiro atoms. The fraction of sp³-hybridized carbons (Fsp3) is 0.333. The number of imidazole rings is 1. The molecule has 0 bridgehead atoms. The smallest absolute Gasteiger partial charge is 0.184 e. The minimum absolute atomic E-state index is 0.0672. The summed E-state index contributed by atoms with van der Waals surface area (Å²) in [5, 5.41) is 0.824. The van der Waals surface area contributed by atoms with Crippen LogP contribution < -0.4 is 0 Å². The fourth-order valence-corrected chi connectivity index (χ4v) is 4.98. The lowest BCUT2D eigenvalue weighted by Gasteiger charge is -2.33. The highest BCUT2D eigenvalue weighted by Crippen LogP contribution is 2.43. The van der Waals surface area contributed by atoms with Gasteiger partial charge >= 0.3 is 0 Å². The Kier molecular flexibility index (Phi) is 5.33. The number of benzene rings is 2. The van der Waals surface area contributed by atoms with Crippen molar-refractivity contribution in [3.05, 3.63) is 71.2 Å². The summed E-state index contributed by atoms with van der Waals surface area (Å²) in [5.41, 5.74) is 1.31. The summed E-state index contributed by atoms with van der Waals surface area (Å²) in [4.78, 5) is 11.2. The standard InChI is InChI=1S/C24H21F4N3O/c1-32-23(24-30-21-18(27)11-17(26)20(28)22(21)31-24)13-4-2-12(3-5-13)15-8-9-29-19-7-6-14(25)10-16(15)19/h6-13,23H,2-5H2,1H3,(H,30,31)/t12?,13?,23-/m1/s1. The number of halogens is 4. The van der Waals surface area contributed by atoms with Crippen LogP contribution in [-0.4, -0.2) is 22.1 Å². The van der Waals surface area contributed by atoms with Crippen molar-refractivity contribution in [3.63, 3.8) is 0 Å². The van der Waals surface area contributed by atoms with Crippen molar-refractivity contribution in [1.29, 1.82) is 0 Å². The second-order valence-corrected chi connectivity index (χ2v) is 8.33. The van der Waals surface area contributed by atoms with Crippen LogP contribution in [-0.2, 0) is 4.74 Å². The van der Waals surface area contributed by atoms with Gasteiger partial charge in [0.1, 0.15) is 28.8 Å². The Morgan fingerprint density at radius 1 is 1.00 bits per heavy atom. The zero-order valence-electron chi connectivity index (χ0n) is 17.3.